The number of anilines is 3. The summed E-state index contributed by atoms with van der Waals surface area (Å²) in [5.74, 6) is 1.49. The van der Waals surface area contributed by atoms with Gasteiger partial charge in [0.15, 0.2) is 11.5 Å². The maximum absolute atomic E-state index is 12.4. The second-order valence-corrected chi connectivity index (χ2v) is 6.00. The molecule has 0 atom stereocenters. The van der Waals surface area contributed by atoms with Gasteiger partial charge in [0.05, 0.1) is 19.9 Å². The van der Waals surface area contributed by atoms with Crippen molar-refractivity contribution in [1.82, 2.24) is 10.2 Å². The van der Waals surface area contributed by atoms with Gasteiger partial charge in [0.25, 0.3) is 5.91 Å². The normalized spacial score (nSPS) is 10.2. The predicted octanol–water partition coefficient (Wildman–Crippen LogP) is 4.05. The first-order valence-electron chi connectivity index (χ1n) is 8.86. The van der Waals surface area contributed by atoms with Crippen LogP contribution < -0.4 is 20.1 Å². The summed E-state index contributed by atoms with van der Waals surface area (Å²) in [5.41, 5.74) is 2.83. The Morgan fingerprint density at radius 3 is 2.36 bits per heavy atom. The number of hydrogen-bond donors (Lipinski definition) is 2. The van der Waals surface area contributed by atoms with Crippen LogP contribution in [0.5, 0.6) is 11.5 Å². The van der Waals surface area contributed by atoms with Crippen molar-refractivity contribution in [2.75, 3.05) is 24.9 Å². The molecule has 144 valence electrons. The second-order valence-electron chi connectivity index (χ2n) is 6.00. The maximum atomic E-state index is 12.4. The fraction of sp³-hybridized carbons (Fsp3) is 0.190. The van der Waals surface area contributed by atoms with Crippen LogP contribution in [0.4, 0.5) is 17.2 Å². The van der Waals surface area contributed by atoms with E-state index in [-0.39, 0.29) is 11.6 Å². The predicted molar refractivity (Wildman–Crippen MR) is 109 cm³/mol. The summed E-state index contributed by atoms with van der Waals surface area (Å²) in [6, 6.07) is 16.4. The van der Waals surface area contributed by atoms with E-state index in [4.69, 9.17) is 9.47 Å². The van der Waals surface area contributed by atoms with Crippen LogP contribution in [-0.4, -0.2) is 30.3 Å². The molecule has 3 rings (SSSR count). The van der Waals surface area contributed by atoms with E-state index in [1.807, 2.05) is 24.3 Å². The molecule has 3 aromatic rings. The van der Waals surface area contributed by atoms with Crippen LogP contribution in [-0.2, 0) is 6.42 Å². The Hall–Kier alpha value is -3.61. The molecule has 0 aliphatic carbocycles. The van der Waals surface area contributed by atoms with Gasteiger partial charge in [0, 0.05) is 11.8 Å². The molecule has 0 radical (unpaired) electrons. The van der Waals surface area contributed by atoms with E-state index < -0.39 is 0 Å². The smallest absolute Gasteiger partial charge is 0.276 e. The number of hydrogen-bond acceptors (Lipinski definition) is 6. The fourth-order valence-electron chi connectivity index (χ4n) is 2.59. The molecule has 1 heterocycles. The average Bonchev–Trinajstić information content (AvgIpc) is 2.74. The van der Waals surface area contributed by atoms with Crippen LogP contribution in [0.2, 0.25) is 0 Å². The van der Waals surface area contributed by atoms with E-state index in [9.17, 15) is 4.79 Å². The highest BCUT2D eigenvalue weighted by molar-refractivity contribution is 6.02. The van der Waals surface area contributed by atoms with E-state index in [1.165, 1.54) is 5.56 Å². The lowest BCUT2D eigenvalue weighted by Crippen LogP contribution is -2.14. The van der Waals surface area contributed by atoms with Crippen molar-refractivity contribution in [2.24, 2.45) is 0 Å². The molecule has 2 aromatic carbocycles. The molecular weight excluding hydrogens is 356 g/mol. The molecule has 0 bridgehead atoms. The summed E-state index contributed by atoms with van der Waals surface area (Å²) in [5, 5.41) is 14.0. The number of carbonyl (C=O) groups excluding carboxylic acids is 1. The number of aromatic nitrogens is 2. The summed E-state index contributed by atoms with van der Waals surface area (Å²) in [6.45, 7) is 2.08. The molecule has 2 N–H and O–H groups in total. The number of benzene rings is 2. The number of methoxy groups -OCH3 is 2. The molecule has 1 amide bonds. The largest absolute Gasteiger partial charge is 0.497 e. The Bertz CT molecular complexity index is 941. The molecule has 0 saturated carbocycles. The zero-order chi connectivity index (χ0) is 19.9. The lowest BCUT2D eigenvalue weighted by Gasteiger charge is -2.12. The first-order valence-corrected chi connectivity index (χ1v) is 8.86. The summed E-state index contributed by atoms with van der Waals surface area (Å²) < 4.78 is 10.6. The molecule has 7 nitrogen and oxygen atoms in total. The molecule has 0 aliphatic heterocycles. The molecule has 0 saturated heterocycles. The molecule has 0 spiro atoms. The van der Waals surface area contributed by atoms with Gasteiger partial charge < -0.3 is 20.1 Å². The topological polar surface area (TPSA) is 85.4 Å². The summed E-state index contributed by atoms with van der Waals surface area (Å²) >= 11 is 0. The number of nitrogens with zero attached hydrogens (tertiary/aromatic N) is 2. The lowest BCUT2D eigenvalue weighted by atomic mass is 10.1. The van der Waals surface area contributed by atoms with E-state index in [2.05, 4.69) is 27.8 Å². The number of rotatable bonds is 7. The van der Waals surface area contributed by atoms with Gasteiger partial charge in [0.1, 0.15) is 11.5 Å². The van der Waals surface area contributed by atoms with E-state index >= 15 is 0 Å². The van der Waals surface area contributed by atoms with Gasteiger partial charge >= 0.3 is 0 Å². The number of amides is 1. The Labute approximate surface area is 163 Å². The van der Waals surface area contributed by atoms with Gasteiger partial charge in [0.2, 0.25) is 0 Å². The molecule has 0 unspecified atom stereocenters. The first-order chi connectivity index (χ1) is 13.6. The minimum atomic E-state index is -0.317. The van der Waals surface area contributed by atoms with Gasteiger partial charge in [-0.15, -0.1) is 10.2 Å². The van der Waals surface area contributed by atoms with Gasteiger partial charge in [-0.3, -0.25) is 4.79 Å². The van der Waals surface area contributed by atoms with Crippen molar-refractivity contribution in [1.29, 1.82) is 0 Å². The lowest BCUT2D eigenvalue weighted by molar-refractivity contribution is 0.102. The van der Waals surface area contributed by atoms with Crippen LogP contribution in [0.3, 0.4) is 0 Å². The minimum Gasteiger partial charge on any atom is -0.497 e. The summed E-state index contributed by atoms with van der Waals surface area (Å²) in [4.78, 5) is 12.4. The molecule has 1 aromatic heterocycles. The number of carbonyl (C=O) groups is 1. The van der Waals surface area contributed by atoms with Crippen molar-refractivity contribution in [2.45, 2.75) is 13.3 Å². The molecule has 7 heteroatoms. The third-order valence-electron chi connectivity index (χ3n) is 4.19. The van der Waals surface area contributed by atoms with Crippen LogP contribution in [0.15, 0.2) is 54.6 Å². The SMILES string of the molecule is CCc1ccc(NC(=O)c2ccc(Nc3cc(OC)ccc3OC)nn2)cc1. The van der Waals surface area contributed by atoms with Crippen LogP contribution in [0.25, 0.3) is 0 Å². The Balaban J connectivity index is 1.70. The highest BCUT2D eigenvalue weighted by Crippen LogP contribution is 2.30. The summed E-state index contributed by atoms with van der Waals surface area (Å²) in [6.07, 6.45) is 0.951. The second kappa shape index (κ2) is 8.85. The average molecular weight is 378 g/mol. The third kappa shape index (κ3) is 4.56. The third-order valence-corrected chi connectivity index (χ3v) is 4.19. The number of ether oxygens (including phenoxy) is 2. The Kier molecular flexibility index (Phi) is 6.06. The Morgan fingerprint density at radius 2 is 1.75 bits per heavy atom. The van der Waals surface area contributed by atoms with E-state index in [1.54, 1.807) is 44.6 Å². The van der Waals surface area contributed by atoms with Gasteiger partial charge in [-0.25, -0.2) is 0 Å². The molecule has 0 fully saturated rings. The van der Waals surface area contributed by atoms with Crippen molar-refractivity contribution in [3.8, 4) is 11.5 Å². The van der Waals surface area contributed by atoms with Gasteiger partial charge in [-0.2, -0.15) is 0 Å². The first kappa shape index (κ1) is 19.2. The molecule has 28 heavy (non-hydrogen) atoms. The fourth-order valence-corrected chi connectivity index (χ4v) is 2.59. The maximum Gasteiger partial charge on any atom is 0.276 e. The number of nitrogens with one attached hydrogen (secondary N) is 2. The Morgan fingerprint density at radius 1 is 0.964 bits per heavy atom. The van der Waals surface area contributed by atoms with Crippen molar-refractivity contribution in [3.05, 3.63) is 65.9 Å². The minimum absolute atomic E-state index is 0.225. The van der Waals surface area contributed by atoms with Crippen molar-refractivity contribution >= 4 is 23.1 Å². The monoisotopic (exact) mass is 378 g/mol. The summed E-state index contributed by atoms with van der Waals surface area (Å²) in [7, 11) is 3.17. The van der Waals surface area contributed by atoms with Crippen LogP contribution >= 0.6 is 0 Å². The van der Waals surface area contributed by atoms with Crippen molar-refractivity contribution in [3.63, 3.8) is 0 Å². The van der Waals surface area contributed by atoms with E-state index in [0.717, 1.165) is 6.42 Å². The number of aryl methyl sites for hydroxylation is 1. The highest BCUT2D eigenvalue weighted by atomic mass is 16.5. The molecular formula is C21H22N4O3. The van der Waals surface area contributed by atoms with Crippen LogP contribution in [0, 0.1) is 0 Å². The zero-order valence-electron chi connectivity index (χ0n) is 16.0. The van der Waals surface area contributed by atoms with Gasteiger partial charge in [-0.05, 0) is 48.4 Å². The standard InChI is InChI=1S/C21H22N4O3/c1-4-14-5-7-15(8-6-14)22-21(26)17-10-12-20(25-24-17)23-18-13-16(27-2)9-11-19(18)28-3/h5-13H,4H2,1-3H3,(H,22,26)(H,23,25). The molecule has 0 aliphatic rings. The van der Waals surface area contributed by atoms with E-state index in [0.29, 0.717) is 28.7 Å². The quantitative estimate of drug-likeness (QED) is 0.645. The van der Waals surface area contributed by atoms with Gasteiger partial charge in [-0.1, -0.05) is 19.1 Å². The zero-order valence-corrected chi connectivity index (χ0v) is 16.0. The van der Waals surface area contributed by atoms with Crippen LogP contribution in [0.1, 0.15) is 23.0 Å². The van der Waals surface area contributed by atoms with Crippen molar-refractivity contribution < 1.29 is 14.3 Å². The highest BCUT2D eigenvalue weighted by Gasteiger charge is 2.10.